The highest BCUT2D eigenvalue weighted by Crippen LogP contribution is 2.29. The van der Waals surface area contributed by atoms with Gasteiger partial charge in [-0.3, -0.25) is 9.59 Å². The van der Waals surface area contributed by atoms with Gasteiger partial charge in [-0.1, -0.05) is 6.07 Å². The Hall–Kier alpha value is -3.22. The second kappa shape index (κ2) is 7.07. The van der Waals surface area contributed by atoms with Crippen LogP contribution in [-0.4, -0.2) is 21.2 Å². The Bertz CT molecular complexity index is 1080. The van der Waals surface area contributed by atoms with Crippen LogP contribution in [0.3, 0.4) is 0 Å². The highest BCUT2D eigenvalue weighted by atomic mass is 19.1. The molecule has 1 aliphatic rings. The number of hydrogen-bond donors (Lipinski definition) is 1. The summed E-state index contributed by atoms with van der Waals surface area (Å²) in [5.41, 5.74) is 2.15. The molecule has 1 amide bonds. The Labute approximate surface area is 161 Å². The summed E-state index contributed by atoms with van der Waals surface area (Å²) in [5.74, 6) is 0.648. The van der Waals surface area contributed by atoms with Gasteiger partial charge in [0.1, 0.15) is 17.4 Å². The first-order chi connectivity index (χ1) is 13.5. The van der Waals surface area contributed by atoms with Crippen molar-refractivity contribution < 1.29 is 18.4 Å². The Morgan fingerprint density at radius 3 is 2.82 bits per heavy atom. The number of carbonyl (C=O) groups excluding carboxylic acids is 2. The summed E-state index contributed by atoms with van der Waals surface area (Å²) in [4.78, 5) is 28.7. The quantitative estimate of drug-likeness (QED) is 0.748. The van der Waals surface area contributed by atoms with E-state index in [0.29, 0.717) is 46.8 Å². The third kappa shape index (κ3) is 3.13. The zero-order chi connectivity index (χ0) is 19.8. The van der Waals surface area contributed by atoms with Crippen molar-refractivity contribution in [1.29, 1.82) is 0 Å². The van der Waals surface area contributed by atoms with E-state index in [0.717, 1.165) is 6.42 Å². The number of Topliss-reactive ketones (excluding diaryl/α,β-unsaturated/α-hetero) is 1. The molecule has 2 aromatic heterocycles. The molecule has 7 heteroatoms. The number of nitrogens with zero attached hydrogens (tertiary/aromatic N) is 2. The van der Waals surface area contributed by atoms with Crippen LogP contribution in [0.2, 0.25) is 0 Å². The maximum atomic E-state index is 14.5. The van der Waals surface area contributed by atoms with Crippen LogP contribution in [0.5, 0.6) is 0 Å². The standard InChI is InChI=1S/C21H20FN3O3/c1-12-19-17(26)4-3-5-18(19)28-20(12)21(27)24-11-14-6-7-16(15(22)10-14)25-9-8-23-13(25)2/h6-10H,3-5,11H2,1-2H3,(H,24,27). The number of ketones is 1. The highest BCUT2D eigenvalue weighted by Gasteiger charge is 2.28. The van der Waals surface area contributed by atoms with E-state index in [1.54, 1.807) is 42.9 Å². The number of amides is 1. The molecule has 1 N–H and O–H groups in total. The summed E-state index contributed by atoms with van der Waals surface area (Å²) >= 11 is 0. The van der Waals surface area contributed by atoms with Crippen LogP contribution in [0.4, 0.5) is 4.39 Å². The molecule has 1 aliphatic carbocycles. The van der Waals surface area contributed by atoms with Crippen LogP contribution < -0.4 is 5.32 Å². The normalized spacial score (nSPS) is 13.5. The van der Waals surface area contributed by atoms with Gasteiger partial charge in [0.15, 0.2) is 11.5 Å². The van der Waals surface area contributed by atoms with E-state index in [4.69, 9.17) is 4.42 Å². The third-order valence-corrected chi connectivity index (χ3v) is 5.06. The molecule has 0 atom stereocenters. The van der Waals surface area contributed by atoms with Gasteiger partial charge in [0.2, 0.25) is 0 Å². The zero-order valence-corrected chi connectivity index (χ0v) is 15.7. The molecular formula is C21H20FN3O3. The Morgan fingerprint density at radius 2 is 2.14 bits per heavy atom. The van der Waals surface area contributed by atoms with Gasteiger partial charge in [-0.25, -0.2) is 9.37 Å². The molecule has 3 aromatic rings. The van der Waals surface area contributed by atoms with Crippen LogP contribution in [-0.2, 0) is 13.0 Å². The maximum absolute atomic E-state index is 14.5. The predicted octanol–water partition coefficient (Wildman–Crippen LogP) is 3.67. The Morgan fingerprint density at radius 1 is 1.32 bits per heavy atom. The number of aryl methyl sites for hydroxylation is 2. The fourth-order valence-electron chi connectivity index (χ4n) is 3.62. The first kappa shape index (κ1) is 18.2. The summed E-state index contributed by atoms with van der Waals surface area (Å²) in [6, 6.07) is 4.79. The van der Waals surface area contributed by atoms with E-state index in [9.17, 15) is 14.0 Å². The number of benzene rings is 1. The lowest BCUT2D eigenvalue weighted by Gasteiger charge is -2.09. The number of carbonyl (C=O) groups is 2. The van der Waals surface area contributed by atoms with Gasteiger partial charge in [0.05, 0.1) is 11.3 Å². The first-order valence-corrected chi connectivity index (χ1v) is 9.18. The second-order valence-electron chi connectivity index (χ2n) is 6.94. The van der Waals surface area contributed by atoms with E-state index in [-0.39, 0.29) is 18.1 Å². The summed E-state index contributed by atoms with van der Waals surface area (Å²) in [6.07, 6.45) is 5.19. The van der Waals surface area contributed by atoms with Crippen LogP contribution in [0, 0.1) is 19.7 Å². The van der Waals surface area contributed by atoms with Gasteiger partial charge in [-0.2, -0.15) is 0 Å². The number of fused-ring (bicyclic) bond motifs is 1. The van der Waals surface area contributed by atoms with Gasteiger partial charge in [0, 0.05) is 37.3 Å². The van der Waals surface area contributed by atoms with Crippen molar-refractivity contribution in [1.82, 2.24) is 14.9 Å². The number of halogens is 1. The minimum Gasteiger partial charge on any atom is -0.455 e. The molecule has 0 radical (unpaired) electrons. The van der Waals surface area contributed by atoms with Crippen molar-refractivity contribution in [2.24, 2.45) is 0 Å². The third-order valence-electron chi connectivity index (χ3n) is 5.06. The molecule has 0 saturated heterocycles. The fourth-order valence-corrected chi connectivity index (χ4v) is 3.62. The lowest BCUT2D eigenvalue weighted by Crippen LogP contribution is -2.23. The zero-order valence-electron chi connectivity index (χ0n) is 15.7. The van der Waals surface area contributed by atoms with Gasteiger partial charge in [-0.15, -0.1) is 0 Å². The number of furan rings is 1. The highest BCUT2D eigenvalue weighted by molar-refractivity contribution is 6.03. The molecule has 4 rings (SSSR count). The average Bonchev–Trinajstić information content (AvgIpc) is 3.24. The second-order valence-corrected chi connectivity index (χ2v) is 6.94. The van der Waals surface area contributed by atoms with E-state index in [1.807, 2.05) is 0 Å². The minimum atomic E-state index is -0.408. The largest absolute Gasteiger partial charge is 0.455 e. The lowest BCUT2D eigenvalue weighted by atomic mass is 9.94. The summed E-state index contributed by atoms with van der Waals surface area (Å²) < 4.78 is 21.8. The SMILES string of the molecule is Cc1c(C(=O)NCc2ccc(-n3ccnc3C)c(F)c2)oc2c1C(=O)CCC2. The first-order valence-electron chi connectivity index (χ1n) is 9.18. The van der Waals surface area contributed by atoms with Crippen molar-refractivity contribution >= 4 is 11.7 Å². The van der Waals surface area contributed by atoms with Crippen LogP contribution >= 0.6 is 0 Å². The fraction of sp³-hybridized carbons (Fsp3) is 0.286. The van der Waals surface area contributed by atoms with E-state index < -0.39 is 11.7 Å². The smallest absolute Gasteiger partial charge is 0.287 e. The van der Waals surface area contributed by atoms with Crippen molar-refractivity contribution in [2.45, 2.75) is 39.7 Å². The molecule has 0 saturated carbocycles. The molecule has 0 spiro atoms. The number of aromatic nitrogens is 2. The summed E-state index contributed by atoms with van der Waals surface area (Å²) in [6.45, 7) is 3.67. The monoisotopic (exact) mass is 381 g/mol. The van der Waals surface area contributed by atoms with Gasteiger partial charge in [-0.05, 0) is 38.0 Å². The topological polar surface area (TPSA) is 77.1 Å². The molecule has 0 fully saturated rings. The van der Waals surface area contributed by atoms with E-state index in [1.165, 1.54) is 6.07 Å². The molecule has 0 aliphatic heterocycles. The summed E-state index contributed by atoms with van der Waals surface area (Å²) in [5, 5.41) is 2.74. The molecule has 2 heterocycles. The van der Waals surface area contributed by atoms with Crippen molar-refractivity contribution in [3.63, 3.8) is 0 Å². The number of nitrogens with one attached hydrogen (secondary N) is 1. The average molecular weight is 381 g/mol. The molecule has 0 bridgehead atoms. The molecule has 28 heavy (non-hydrogen) atoms. The summed E-state index contributed by atoms with van der Waals surface area (Å²) in [7, 11) is 0. The van der Waals surface area contributed by atoms with Crippen LogP contribution in [0.25, 0.3) is 5.69 Å². The van der Waals surface area contributed by atoms with E-state index in [2.05, 4.69) is 10.3 Å². The Kier molecular flexibility index (Phi) is 4.58. The van der Waals surface area contributed by atoms with E-state index >= 15 is 0 Å². The number of rotatable bonds is 4. The predicted molar refractivity (Wildman–Crippen MR) is 100 cm³/mol. The van der Waals surface area contributed by atoms with Gasteiger partial charge in [0.25, 0.3) is 5.91 Å². The number of hydrogen-bond acceptors (Lipinski definition) is 4. The van der Waals surface area contributed by atoms with Gasteiger partial charge < -0.3 is 14.3 Å². The van der Waals surface area contributed by atoms with Crippen molar-refractivity contribution in [2.75, 3.05) is 0 Å². The molecule has 6 nitrogen and oxygen atoms in total. The number of imidazole rings is 1. The molecule has 1 aromatic carbocycles. The van der Waals surface area contributed by atoms with Gasteiger partial charge >= 0.3 is 0 Å². The van der Waals surface area contributed by atoms with Crippen molar-refractivity contribution in [3.05, 3.63) is 70.4 Å². The lowest BCUT2D eigenvalue weighted by molar-refractivity contribution is 0.0917. The molecular weight excluding hydrogens is 361 g/mol. The van der Waals surface area contributed by atoms with Crippen LogP contribution in [0.15, 0.2) is 35.0 Å². The van der Waals surface area contributed by atoms with Crippen LogP contribution in [0.1, 0.15) is 56.5 Å². The van der Waals surface area contributed by atoms with Crippen molar-refractivity contribution in [3.8, 4) is 5.69 Å². The maximum Gasteiger partial charge on any atom is 0.287 e. The minimum absolute atomic E-state index is 0.0222. The molecule has 144 valence electrons. The Balaban J connectivity index is 1.49. The molecule has 0 unspecified atom stereocenters.